The maximum Gasteiger partial charge on any atom is 0.261 e. The monoisotopic (exact) mass is 287 g/mol. The first-order valence-electron chi connectivity index (χ1n) is 6.07. The summed E-state index contributed by atoms with van der Waals surface area (Å²) in [6.07, 6.45) is 3.37. The van der Waals surface area contributed by atoms with Gasteiger partial charge in [-0.15, -0.1) is 0 Å². The van der Waals surface area contributed by atoms with E-state index in [2.05, 4.69) is 9.82 Å². The van der Waals surface area contributed by atoms with Crippen molar-refractivity contribution in [2.75, 3.05) is 4.72 Å². The predicted molar refractivity (Wildman–Crippen MR) is 77.2 cm³/mol. The van der Waals surface area contributed by atoms with Crippen LogP contribution >= 0.6 is 0 Å². The Morgan fingerprint density at radius 2 is 1.85 bits per heavy atom. The molecule has 0 saturated heterocycles. The van der Waals surface area contributed by atoms with Gasteiger partial charge in [0.15, 0.2) is 0 Å². The van der Waals surface area contributed by atoms with Crippen LogP contribution < -0.4 is 4.72 Å². The number of anilines is 1. The van der Waals surface area contributed by atoms with E-state index >= 15 is 0 Å². The highest BCUT2D eigenvalue weighted by Gasteiger charge is 2.13. The number of nitrogens with one attached hydrogen (secondary N) is 1. The van der Waals surface area contributed by atoms with Gasteiger partial charge in [0.2, 0.25) is 0 Å². The van der Waals surface area contributed by atoms with Crippen molar-refractivity contribution in [1.82, 2.24) is 9.61 Å². The minimum atomic E-state index is -3.56. The maximum atomic E-state index is 12.3. The quantitative estimate of drug-likeness (QED) is 0.804. The molecule has 0 bridgehead atoms. The smallest absolute Gasteiger partial charge is 0.261 e. The highest BCUT2D eigenvalue weighted by Crippen LogP contribution is 2.17. The molecule has 0 spiro atoms. The van der Waals surface area contributed by atoms with E-state index in [0.29, 0.717) is 5.69 Å². The fourth-order valence-electron chi connectivity index (χ4n) is 1.92. The van der Waals surface area contributed by atoms with Crippen LogP contribution in [0.25, 0.3) is 5.52 Å². The van der Waals surface area contributed by atoms with E-state index < -0.39 is 10.0 Å². The highest BCUT2D eigenvalue weighted by molar-refractivity contribution is 7.92. The van der Waals surface area contributed by atoms with E-state index in [0.717, 1.165) is 11.1 Å². The topological polar surface area (TPSA) is 63.5 Å². The van der Waals surface area contributed by atoms with Gasteiger partial charge in [-0.2, -0.15) is 5.10 Å². The lowest BCUT2D eigenvalue weighted by Gasteiger charge is -2.08. The summed E-state index contributed by atoms with van der Waals surface area (Å²) in [6.45, 7) is 1.91. The Hall–Kier alpha value is -2.34. The summed E-state index contributed by atoms with van der Waals surface area (Å²) in [5.41, 5.74) is 2.36. The molecule has 0 aliphatic heterocycles. The van der Waals surface area contributed by atoms with Gasteiger partial charge in [-0.3, -0.25) is 4.72 Å². The van der Waals surface area contributed by atoms with Gasteiger partial charge in [-0.25, -0.2) is 12.9 Å². The van der Waals surface area contributed by atoms with E-state index in [-0.39, 0.29) is 4.90 Å². The Balaban J connectivity index is 1.94. The lowest BCUT2D eigenvalue weighted by atomic mass is 10.2. The summed E-state index contributed by atoms with van der Waals surface area (Å²) in [6, 6.07) is 11.9. The van der Waals surface area contributed by atoms with E-state index in [9.17, 15) is 8.42 Å². The van der Waals surface area contributed by atoms with Gasteiger partial charge in [0.05, 0.1) is 16.1 Å². The number of fused-ring (bicyclic) bond motifs is 1. The maximum absolute atomic E-state index is 12.3. The average molecular weight is 287 g/mol. The molecule has 102 valence electrons. The Morgan fingerprint density at radius 3 is 2.60 bits per heavy atom. The van der Waals surface area contributed by atoms with Crippen molar-refractivity contribution in [3.8, 4) is 0 Å². The second kappa shape index (κ2) is 4.64. The first-order valence-corrected chi connectivity index (χ1v) is 7.56. The van der Waals surface area contributed by atoms with Crippen molar-refractivity contribution in [2.45, 2.75) is 11.8 Å². The van der Waals surface area contributed by atoms with Crippen LogP contribution in [0.15, 0.2) is 59.8 Å². The molecule has 0 saturated carbocycles. The summed E-state index contributed by atoms with van der Waals surface area (Å²) >= 11 is 0. The Morgan fingerprint density at radius 1 is 1.10 bits per heavy atom. The highest BCUT2D eigenvalue weighted by atomic mass is 32.2. The normalized spacial score (nSPS) is 11.7. The van der Waals surface area contributed by atoms with Gasteiger partial charge >= 0.3 is 0 Å². The molecule has 1 N–H and O–H groups in total. The van der Waals surface area contributed by atoms with Crippen LogP contribution in [0.2, 0.25) is 0 Å². The van der Waals surface area contributed by atoms with Crippen molar-refractivity contribution in [3.05, 3.63) is 60.4 Å². The van der Waals surface area contributed by atoms with E-state index in [1.807, 2.05) is 13.0 Å². The Labute approximate surface area is 116 Å². The number of aryl methyl sites for hydroxylation is 1. The SMILES string of the molecule is Cc1ccc(S(=O)(=O)Nc2ccn3nccc3c2)cc1. The summed E-state index contributed by atoms with van der Waals surface area (Å²) in [7, 11) is -3.56. The molecule has 2 aromatic heterocycles. The van der Waals surface area contributed by atoms with Gasteiger partial charge in [-0.05, 0) is 37.3 Å². The largest absolute Gasteiger partial charge is 0.279 e. The molecule has 0 radical (unpaired) electrons. The zero-order valence-electron chi connectivity index (χ0n) is 10.8. The van der Waals surface area contributed by atoms with Crippen LogP contribution in [0.5, 0.6) is 0 Å². The predicted octanol–water partition coefficient (Wildman–Crippen LogP) is 2.44. The second-order valence-electron chi connectivity index (χ2n) is 4.53. The van der Waals surface area contributed by atoms with E-state index in [1.54, 1.807) is 53.3 Å². The number of benzene rings is 1. The number of pyridine rings is 1. The molecule has 0 atom stereocenters. The van der Waals surface area contributed by atoms with Crippen molar-refractivity contribution >= 4 is 21.2 Å². The van der Waals surface area contributed by atoms with Gasteiger partial charge in [0.1, 0.15) is 0 Å². The molecule has 0 aliphatic rings. The Bertz CT molecular complexity index is 852. The third-order valence-corrected chi connectivity index (χ3v) is 4.38. The number of sulfonamides is 1. The van der Waals surface area contributed by atoms with Crippen molar-refractivity contribution in [1.29, 1.82) is 0 Å². The van der Waals surface area contributed by atoms with Crippen molar-refractivity contribution in [3.63, 3.8) is 0 Å². The molecule has 1 aromatic carbocycles. The minimum absolute atomic E-state index is 0.247. The number of nitrogens with zero attached hydrogens (tertiary/aromatic N) is 2. The molecule has 0 unspecified atom stereocenters. The summed E-state index contributed by atoms with van der Waals surface area (Å²) in [5.74, 6) is 0. The van der Waals surface area contributed by atoms with Crippen molar-refractivity contribution < 1.29 is 8.42 Å². The van der Waals surface area contributed by atoms with Crippen LogP contribution in [0.3, 0.4) is 0 Å². The number of aromatic nitrogens is 2. The van der Waals surface area contributed by atoms with Gasteiger partial charge in [0.25, 0.3) is 10.0 Å². The molecule has 2 heterocycles. The fraction of sp³-hybridized carbons (Fsp3) is 0.0714. The molecule has 0 amide bonds. The summed E-state index contributed by atoms with van der Waals surface area (Å²) in [5, 5.41) is 4.06. The van der Waals surface area contributed by atoms with E-state index in [4.69, 9.17) is 0 Å². The number of hydrogen-bond acceptors (Lipinski definition) is 3. The van der Waals surface area contributed by atoms with Crippen LogP contribution in [-0.2, 0) is 10.0 Å². The lowest BCUT2D eigenvalue weighted by molar-refractivity contribution is 0.601. The van der Waals surface area contributed by atoms with Gasteiger partial charge in [0, 0.05) is 12.4 Å². The molecule has 20 heavy (non-hydrogen) atoms. The molecule has 3 aromatic rings. The molecular formula is C14H13N3O2S. The molecule has 3 rings (SSSR count). The van der Waals surface area contributed by atoms with Crippen LogP contribution in [-0.4, -0.2) is 18.0 Å². The average Bonchev–Trinajstić information content (AvgIpc) is 2.86. The first-order chi connectivity index (χ1) is 9.54. The Kier molecular flexibility index (Phi) is 2.94. The van der Waals surface area contributed by atoms with Crippen LogP contribution in [0, 0.1) is 6.92 Å². The standard InChI is InChI=1S/C14H13N3O2S/c1-11-2-4-14(5-3-11)20(18,19)16-12-7-9-17-13(10-12)6-8-15-17/h2-10,16H,1H3. The number of hydrogen-bond donors (Lipinski definition) is 1. The minimum Gasteiger partial charge on any atom is -0.279 e. The molecule has 6 heteroatoms. The first kappa shape index (κ1) is 12.7. The van der Waals surface area contributed by atoms with Gasteiger partial charge in [-0.1, -0.05) is 17.7 Å². The zero-order valence-corrected chi connectivity index (χ0v) is 11.6. The second-order valence-corrected chi connectivity index (χ2v) is 6.22. The number of rotatable bonds is 3. The zero-order chi connectivity index (χ0) is 14.2. The third-order valence-electron chi connectivity index (χ3n) is 2.98. The third kappa shape index (κ3) is 2.37. The van der Waals surface area contributed by atoms with Crippen LogP contribution in [0.4, 0.5) is 5.69 Å². The lowest BCUT2D eigenvalue weighted by Crippen LogP contribution is -2.13. The molecule has 0 fully saturated rings. The summed E-state index contributed by atoms with van der Waals surface area (Å²) in [4.78, 5) is 0.247. The molecule has 5 nitrogen and oxygen atoms in total. The van der Waals surface area contributed by atoms with Gasteiger partial charge < -0.3 is 0 Å². The summed E-state index contributed by atoms with van der Waals surface area (Å²) < 4.78 is 28.7. The molecular weight excluding hydrogens is 274 g/mol. The van der Waals surface area contributed by atoms with Crippen LogP contribution in [0.1, 0.15) is 5.56 Å². The fourth-order valence-corrected chi connectivity index (χ4v) is 2.97. The molecule has 0 aliphatic carbocycles. The van der Waals surface area contributed by atoms with Crippen molar-refractivity contribution in [2.24, 2.45) is 0 Å². The van der Waals surface area contributed by atoms with E-state index in [1.165, 1.54) is 0 Å².